The van der Waals surface area contributed by atoms with Crippen molar-refractivity contribution in [1.29, 1.82) is 0 Å². The van der Waals surface area contributed by atoms with Crippen LogP contribution in [0.4, 0.5) is 5.69 Å². The number of benzene rings is 3. The van der Waals surface area contributed by atoms with E-state index in [9.17, 15) is 14.7 Å². The van der Waals surface area contributed by atoms with Gasteiger partial charge in [-0.1, -0.05) is 29.8 Å². The SMILES string of the molecule is COc1ccc(C(=O)N2CCc3c2cc(C)c(C(OC(C)(C)C)C(=O)O)c3-c2ccc(C)cc2)cc1. The van der Waals surface area contributed by atoms with Gasteiger partial charge >= 0.3 is 5.97 Å². The molecule has 1 N–H and O–H groups in total. The third kappa shape index (κ3) is 5.00. The van der Waals surface area contributed by atoms with Crippen molar-refractivity contribution in [2.45, 2.75) is 52.7 Å². The van der Waals surface area contributed by atoms with E-state index in [1.165, 1.54) is 0 Å². The van der Waals surface area contributed by atoms with Gasteiger partial charge in [-0.2, -0.15) is 0 Å². The summed E-state index contributed by atoms with van der Waals surface area (Å²) in [6, 6.07) is 17.1. The highest BCUT2D eigenvalue weighted by Gasteiger charge is 2.36. The van der Waals surface area contributed by atoms with Gasteiger partial charge in [0, 0.05) is 23.4 Å². The zero-order valence-electron chi connectivity index (χ0n) is 21.7. The Hall–Kier alpha value is -3.64. The van der Waals surface area contributed by atoms with Crippen LogP contribution < -0.4 is 9.64 Å². The van der Waals surface area contributed by atoms with Gasteiger partial charge in [-0.15, -0.1) is 0 Å². The molecular formula is C30H33NO5. The first kappa shape index (κ1) is 25.5. The summed E-state index contributed by atoms with van der Waals surface area (Å²) in [5, 5.41) is 10.2. The molecule has 0 bridgehead atoms. The lowest BCUT2D eigenvalue weighted by molar-refractivity contribution is -0.160. The van der Waals surface area contributed by atoms with Crippen LogP contribution >= 0.6 is 0 Å². The Kier molecular flexibility index (Phi) is 6.92. The molecule has 6 heteroatoms. The monoisotopic (exact) mass is 487 g/mol. The van der Waals surface area contributed by atoms with Crippen LogP contribution in [0.5, 0.6) is 5.75 Å². The highest BCUT2D eigenvalue weighted by molar-refractivity contribution is 6.08. The number of ether oxygens (including phenoxy) is 2. The van der Waals surface area contributed by atoms with E-state index in [1.807, 2.05) is 65.0 Å². The summed E-state index contributed by atoms with van der Waals surface area (Å²) in [6.45, 7) is 9.98. The molecule has 3 aromatic carbocycles. The highest BCUT2D eigenvalue weighted by Crippen LogP contribution is 2.45. The van der Waals surface area contributed by atoms with Gasteiger partial charge in [-0.3, -0.25) is 4.79 Å². The van der Waals surface area contributed by atoms with Gasteiger partial charge in [0.05, 0.1) is 12.7 Å². The van der Waals surface area contributed by atoms with Crippen molar-refractivity contribution in [3.05, 3.63) is 82.4 Å². The summed E-state index contributed by atoms with van der Waals surface area (Å²) in [5.41, 5.74) is 5.97. The van der Waals surface area contributed by atoms with Crippen molar-refractivity contribution in [3.63, 3.8) is 0 Å². The second-order valence-corrected chi connectivity index (χ2v) is 10.2. The van der Waals surface area contributed by atoms with Crippen LogP contribution in [-0.2, 0) is 16.0 Å². The third-order valence-corrected chi connectivity index (χ3v) is 6.41. The van der Waals surface area contributed by atoms with Crippen LogP contribution in [0.25, 0.3) is 11.1 Å². The van der Waals surface area contributed by atoms with E-state index in [0.29, 0.717) is 29.8 Å². The average Bonchev–Trinajstić information content (AvgIpc) is 3.24. The molecule has 0 fully saturated rings. The van der Waals surface area contributed by atoms with Crippen LogP contribution in [0, 0.1) is 13.8 Å². The number of fused-ring (bicyclic) bond motifs is 1. The maximum absolute atomic E-state index is 13.5. The minimum absolute atomic E-state index is 0.0980. The summed E-state index contributed by atoms with van der Waals surface area (Å²) in [6.07, 6.45) is -0.520. The van der Waals surface area contributed by atoms with Gasteiger partial charge in [-0.25, -0.2) is 4.79 Å². The van der Waals surface area contributed by atoms with E-state index in [-0.39, 0.29) is 5.91 Å². The maximum Gasteiger partial charge on any atom is 0.337 e. The minimum atomic E-state index is -1.14. The lowest BCUT2D eigenvalue weighted by atomic mass is 9.86. The number of aliphatic carboxylic acids is 1. The predicted molar refractivity (Wildman–Crippen MR) is 141 cm³/mol. The van der Waals surface area contributed by atoms with Gasteiger partial charge < -0.3 is 19.5 Å². The number of carboxylic acid groups (broad SMARTS) is 1. The molecule has 1 aliphatic rings. The van der Waals surface area contributed by atoms with Crippen LogP contribution in [0.2, 0.25) is 0 Å². The Morgan fingerprint density at radius 3 is 2.19 bits per heavy atom. The molecule has 3 aromatic rings. The molecule has 188 valence electrons. The van der Waals surface area contributed by atoms with E-state index in [4.69, 9.17) is 9.47 Å². The number of carbonyl (C=O) groups is 2. The van der Waals surface area contributed by atoms with Crippen molar-refractivity contribution >= 4 is 17.6 Å². The smallest absolute Gasteiger partial charge is 0.337 e. The van der Waals surface area contributed by atoms with Gasteiger partial charge in [0.2, 0.25) is 0 Å². The summed E-state index contributed by atoms with van der Waals surface area (Å²) >= 11 is 0. The van der Waals surface area contributed by atoms with Gasteiger partial charge in [0.1, 0.15) is 5.75 Å². The summed E-state index contributed by atoms with van der Waals surface area (Å²) in [4.78, 5) is 27.8. The molecule has 0 saturated carbocycles. The fourth-order valence-electron chi connectivity index (χ4n) is 4.77. The molecule has 4 rings (SSSR count). The predicted octanol–water partition coefficient (Wildman–Crippen LogP) is 6.12. The fourth-order valence-corrected chi connectivity index (χ4v) is 4.77. The molecule has 6 nitrogen and oxygen atoms in total. The molecule has 1 unspecified atom stereocenters. The lowest BCUT2D eigenvalue weighted by Gasteiger charge is -2.29. The largest absolute Gasteiger partial charge is 0.497 e. The molecule has 36 heavy (non-hydrogen) atoms. The number of anilines is 1. The van der Waals surface area contributed by atoms with Crippen molar-refractivity contribution in [2.75, 3.05) is 18.6 Å². The van der Waals surface area contributed by atoms with Crippen molar-refractivity contribution < 1.29 is 24.2 Å². The molecule has 0 saturated heterocycles. The molecule has 1 amide bonds. The van der Waals surface area contributed by atoms with Gasteiger partial charge in [0.15, 0.2) is 6.10 Å². The number of aryl methyl sites for hydroxylation is 2. The molecule has 0 aromatic heterocycles. The minimum Gasteiger partial charge on any atom is -0.497 e. The molecule has 0 spiro atoms. The normalized spacial score (nSPS) is 13.9. The summed E-state index contributed by atoms with van der Waals surface area (Å²) < 4.78 is 11.3. The number of hydrogen-bond donors (Lipinski definition) is 1. The van der Waals surface area contributed by atoms with Crippen LogP contribution in [-0.4, -0.2) is 36.2 Å². The van der Waals surface area contributed by atoms with Gasteiger partial charge in [-0.05, 0) is 93.6 Å². The van der Waals surface area contributed by atoms with E-state index >= 15 is 0 Å². The van der Waals surface area contributed by atoms with Gasteiger partial charge in [0.25, 0.3) is 5.91 Å². The van der Waals surface area contributed by atoms with Crippen molar-refractivity contribution in [1.82, 2.24) is 0 Å². The zero-order chi connectivity index (χ0) is 26.2. The highest BCUT2D eigenvalue weighted by atomic mass is 16.5. The Balaban J connectivity index is 1.89. The number of carbonyl (C=O) groups excluding carboxylic acids is 1. The molecular weight excluding hydrogens is 454 g/mol. The second-order valence-electron chi connectivity index (χ2n) is 10.2. The number of carboxylic acids is 1. The molecule has 0 radical (unpaired) electrons. The quantitative estimate of drug-likeness (QED) is 0.453. The van der Waals surface area contributed by atoms with E-state index in [0.717, 1.165) is 33.5 Å². The first-order chi connectivity index (χ1) is 17.0. The van der Waals surface area contributed by atoms with Crippen LogP contribution in [0.3, 0.4) is 0 Å². The zero-order valence-corrected chi connectivity index (χ0v) is 21.7. The lowest BCUT2D eigenvalue weighted by Crippen LogP contribution is -2.29. The first-order valence-electron chi connectivity index (χ1n) is 12.1. The second kappa shape index (κ2) is 9.78. The number of rotatable bonds is 6. The van der Waals surface area contributed by atoms with Crippen LogP contribution in [0.15, 0.2) is 54.6 Å². The van der Waals surface area contributed by atoms with E-state index in [1.54, 1.807) is 36.3 Å². The standard InChI is InChI=1S/C30H33NO5/c1-18-7-9-20(10-8-18)26-23-15-16-31(28(32)21-11-13-22(35-6)14-12-21)24(23)17-19(2)25(26)27(29(33)34)36-30(3,4)5/h7-14,17,27H,15-16H2,1-6H3,(H,33,34). The molecule has 0 aliphatic carbocycles. The number of hydrogen-bond acceptors (Lipinski definition) is 4. The van der Waals surface area contributed by atoms with Crippen LogP contribution in [0.1, 0.15) is 59.5 Å². The number of amides is 1. The first-order valence-corrected chi connectivity index (χ1v) is 12.1. The summed E-state index contributed by atoms with van der Waals surface area (Å²) in [5.74, 6) is -0.446. The van der Waals surface area contributed by atoms with Crippen molar-refractivity contribution in [3.8, 4) is 16.9 Å². The van der Waals surface area contributed by atoms with Crippen molar-refractivity contribution in [2.24, 2.45) is 0 Å². The van der Waals surface area contributed by atoms with E-state index in [2.05, 4.69) is 0 Å². The maximum atomic E-state index is 13.5. The Bertz CT molecular complexity index is 1290. The Morgan fingerprint density at radius 2 is 1.64 bits per heavy atom. The average molecular weight is 488 g/mol. The Labute approximate surface area is 212 Å². The molecule has 1 atom stereocenters. The van der Waals surface area contributed by atoms with E-state index < -0.39 is 17.7 Å². The molecule has 1 aliphatic heterocycles. The third-order valence-electron chi connectivity index (χ3n) is 6.41. The Morgan fingerprint density at radius 1 is 1.00 bits per heavy atom. The topological polar surface area (TPSA) is 76.1 Å². The summed E-state index contributed by atoms with van der Waals surface area (Å²) in [7, 11) is 1.59. The number of methoxy groups -OCH3 is 1. The molecule has 1 heterocycles. The fraction of sp³-hybridized carbons (Fsp3) is 0.333. The number of nitrogens with zero attached hydrogens (tertiary/aromatic N) is 1.